The molecule has 2 heterocycles. The van der Waals surface area contributed by atoms with Gasteiger partial charge in [-0.2, -0.15) is 0 Å². The number of nitrogens with zero attached hydrogens (tertiary/aromatic N) is 1. The first-order chi connectivity index (χ1) is 9.93. The van der Waals surface area contributed by atoms with Crippen LogP contribution in [0, 0.1) is 0 Å². The molecule has 2 amide bonds. The molecule has 2 aliphatic heterocycles. The van der Waals surface area contributed by atoms with Crippen molar-refractivity contribution < 1.29 is 19.4 Å². The van der Waals surface area contributed by atoms with E-state index in [1.807, 2.05) is 0 Å². The first-order valence-corrected chi connectivity index (χ1v) is 7.53. The molecule has 2 unspecified atom stereocenters. The maximum Gasteiger partial charge on any atom is 0.329 e. The van der Waals surface area contributed by atoms with E-state index in [1.54, 1.807) is 0 Å². The van der Waals surface area contributed by atoms with Gasteiger partial charge in [-0.1, -0.05) is 0 Å². The van der Waals surface area contributed by atoms with Crippen LogP contribution in [0.5, 0.6) is 0 Å². The van der Waals surface area contributed by atoms with E-state index < -0.39 is 11.5 Å². The Morgan fingerprint density at radius 2 is 2.00 bits per heavy atom. The lowest BCUT2D eigenvalue weighted by molar-refractivity contribution is -0.148. The number of carboxylic acids is 1. The molecular formula is C14H25N3O4. The van der Waals surface area contributed by atoms with Crippen molar-refractivity contribution in [3.63, 3.8) is 0 Å². The fourth-order valence-corrected chi connectivity index (χ4v) is 2.97. The molecule has 3 N–H and O–H groups in total. The molecule has 0 aromatic carbocycles. The van der Waals surface area contributed by atoms with E-state index in [0.29, 0.717) is 32.1 Å². The first kappa shape index (κ1) is 16.0. The van der Waals surface area contributed by atoms with Crippen molar-refractivity contribution in [1.82, 2.24) is 15.5 Å². The smallest absolute Gasteiger partial charge is 0.329 e. The van der Waals surface area contributed by atoms with Crippen LogP contribution in [0.4, 0.5) is 4.79 Å². The normalized spacial score (nSPS) is 29.6. The summed E-state index contributed by atoms with van der Waals surface area (Å²) in [4.78, 5) is 25.9. The SMILES string of the molecule is CC1CC(NC(=O)NC2(C(=O)O)CCOCC2)CCN1C. The second-order valence-corrected chi connectivity index (χ2v) is 6.15. The van der Waals surface area contributed by atoms with Gasteiger partial charge in [0.25, 0.3) is 0 Å². The molecule has 0 radical (unpaired) electrons. The van der Waals surface area contributed by atoms with Crippen molar-refractivity contribution in [2.24, 2.45) is 0 Å². The first-order valence-electron chi connectivity index (χ1n) is 7.53. The van der Waals surface area contributed by atoms with Crippen LogP contribution in [0.1, 0.15) is 32.6 Å². The second-order valence-electron chi connectivity index (χ2n) is 6.15. The number of carbonyl (C=O) groups excluding carboxylic acids is 1. The number of aliphatic carboxylic acids is 1. The van der Waals surface area contributed by atoms with Gasteiger partial charge in [-0.25, -0.2) is 9.59 Å². The Morgan fingerprint density at radius 1 is 1.33 bits per heavy atom. The highest BCUT2D eigenvalue weighted by Crippen LogP contribution is 2.21. The van der Waals surface area contributed by atoms with Crippen molar-refractivity contribution in [2.75, 3.05) is 26.8 Å². The van der Waals surface area contributed by atoms with Crippen molar-refractivity contribution in [3.05, 3.63) is 0 Å². The van der Waals surface area contributed by atoms with Crippen molar-refractivity contribution in [2.45, 2.75) is 50.2 Å². The average Bonchev–Trinajstić information content (AvgIpc) is 2.43. The van der Waals surface area contributed by atoms with Crippen LogP contribution in [0.15, 0.2) is 0 Å². The van der Waals surface area contributed by atoms with Crippen LogP contribution in [0.3, 0.4) is 0 Å². The van der Waals surface area contributed by atoms with E-state index in [9.17, 15) is 14.7 Å². The van der Waals surface area contributed by atoms with Crippen LogP contribution in [0.25, 0.3) is 0 Å². The van der Waals surface area contributed by atoms with Gasteiger partial charge in [-0.05, 0) is 26.8 Å². The van der Waals surface area contributed by atoms with Gasteiger partial charge in [0.1, 0.15) is 5.54 Å². The summed E-state index contributed by atoms with van der Waals surface area (Å²) in [6.07, 6.45) is 2.38. The molecule has 7 heteroatoms. The van der Waals surface area contributed by atoms with E-state index >= 15 is 0 Å². The average molecular weight is 299 g/mol. The molecule has 2 fully saturated rings. The topological polar surface area (TPSA) is 90.9 Å². The number of urea groups is 1. The standard InChI is InChI=1S/C14H25N3O4/c1-10-9-11(3-6-17(10)2)15-13(20)16-14(12(18)19)4-7-21-8-5-14/h10-11H,3-9H2,1-2H3,(H,18,19)(H2,15,16,20). The van der Waals surface area contributed by atoms with Gasteiger partial charge >= 0.3 is 12.0 Å². The molecule has 2 rings (SSSR count). The number of nitrogens with one attached hydrogen (secondary N) is 2. The summed E-state index contributed by atoms with van der Waals surface area (Å²) >= 11 is 0. The van der Waals surface area contributed by atoms with Gasteiger partial charge in [-0.15, -0.1) is 0 Å². The third-order valence-corrected chi connectivity index (χ3v) is 4.65. The Hall–Kier alpha value is -1.34. The van der Waals surface area contributed by atoms with Crippen LogP contribution in [0.2, 0.25) is 0 Å². The Morgan fingerprint density at radius 3 is 2.57 bits per heavy atom. The molecule has 0 aromatic rings. The lowest BCUT2D eigenvalue weighted by atomic mass is 9.90. The molecule has 7 nitrogen and oxygen atoms in total. The fourth-order valence-electron chi connectivity index (χ4n) is 2.97. The minimum absolute atomic E-state index is 0.0990. The van der Waals surface area contributed by atoms with Gasteiger partial charge in [0, 0.05) is 44.7 Å². The van der Waals surface area contributed by atoms with Gasteiger partial charge in [0.2, 0.25) is 0 Å². The molecular weight excluding hydrogens is 274 g/mol. The maximum absolute atomic E-state index is 12.1. The van der Waals surface area contributed by atoms with Crippen LogP contribution >= 0.6 is 0 Å². The predicted octanol–water partition coefficient (Wildman–Crippen LogP) is 0.402. The van der Waals surface area contributed by atoms with Crippen molar-refractivity contribution in [3.8, 4) is 0 Å². The Kier molecular flexibility index (Phi) is 5.05. The number of carboxylic acid groups (broad SMARTS) is 1. The molecule has 0 bridgehead atoms. The molecule has 0 aromatic heterocycles. The van der Waals surface area contributed by atoms with Crippen LogP contribution in [-0.2, 0) is 9.53 Å². The van der Waals surface area contributed by atoms with E-state index in [0.717, 1.165) is 19.4 Å². The number of hydrogen-bond donors (Lipinski definition) is 3. The highest BCUT2D eigenvalue weighted by atomic mass is 16.5. The van der Waals surface area contributed by atoms with Gasteiger partial charge in [0.05, 0.1) is 0 Å². The second kappa shape index (κ2) is 6.62. The number of likely N-dealkylation sites (tertiary alicyclic amines) is 1. The number of amides is 2. The highest BCUT2D eigenvalue weighted by molar-refractivity contribution is 5.86. The monoisotopic (exact) mass is 299 g/mol. The third kappa shape index (κ3) is 3.85. The fraction of sp³-hybridized carbons (Fsp3) is 0.857. The van der Waals surface area contributed by atoms with Crippen LogP contribution < -0.4 is 10.6 Å². The molecule has 2 atom stereocenters. The highest BCUT2D eigenvalue weighted by Gasteiger charge is 2.42. The van der Waals surface area contributed by atoms with Crippen molar-refractivity contribution >= 4 is 12.0 Å². The van der Waals surface area contributed by atoms with Crippen LogP contribution in [-0.4, -0.2) is 66.4 Å². The quantitative estimate of drug-likeness (QED) is 0.702. The minimum Gasteiger partial charge on any atom is -0.480 e. The maximum atomic E-state index is 12.1. The zero-order valence-corrected chi connectivity index (χ0v) is 12.7. The Bertz CT molecular complexity index is 396. The van der Waals surface area contributed by atoms with E-state index in [-0.39, 0.29) is 12.1 Å². The number of piperidine rings is 1. The molecule has 2 saturated heterocycles. The van der Waals surface area contributed by atoms with E-state index in [1.165, 1.54) is 0 Å². The molecule has 0 aliphatic carbocycles. The molecule has 2 aliphatic rings. The largest absolute Gasteiger partial charge is 0.480 e. The number of carbonyl (C=O) groups is 2. The zero-order valence-electron chi connectivity index (χ0n) is 12.7. The molecule has 0 spiro atoms. The summed E-state index contributed by atoms with van der Waals surface area (Å²) in [6.45, 7) is 3.78. The number of ether oxygens (including phenoxy) is 1. The van der Waals surface area contributed by atoms with E-state index in [2.05, 4.69) is 29.5 Å². The summed E-state index contributed by atoms with van der Waals surface area (Å²) in [5, 5.41) is 15.0. The number of hydrogen-bond acceptors (Lipinski definition) is 4. The predicted molar refractivity (Wildman–Crippen MR) is 77.2 cm³/mol. The summed E-state index contributed by atoms with van der Waals surface area (Å²) in [5.41, 5.74) is -1.20. The van der Waals surface area contributed by atoms with Gasteiger partial charge < -0.3 is 25.4 Å². The minimum atomic E-state index is -1.20. The van der Waals surface area contributed by atoms with Gasteiger partial charge in [-0.3, -0.25) is 0 Å². The van der Waals surface area contributed by atoms with Crippen molar-refractivity contribution in [1.29, 1.82) is 0 Å². The third-order valence-electron chi connectivity index (χ3n) is 4.65. The van der Waals surface area contributed by atoms with E-state index in [4.69, 9.17) is 4.74 Å². The lowest BCUT2D eigenvalue weighted by Gasteiger charge is -2.37. The summed E-state index contributed by atoms with van der Waals surface area (Å²) in [7, 11) is 2.07. The molecule has 120 valence electrons. The molecule has 21 heavy (non-hydrogen) atoms. The Labute approximate surface area is 125 Å². The lowest BCUT2D eigenvalue weighted by Crippen LogP contribution is -2.61. The zero-order chi connectivity index (χ0) is 15.5. The Balaban J connectivity index is 1.89. The molecule has 0 saturated carbocycles. The van der Waals surface area contributed by atoms with Gasteiger partial charge in [0.15, 0.2) is 0 Å². The summed E-state index contributed by atoms with van der Waals surface area (Å²) < 4.78 is 5.19. The summed E-state index contributed by atoms with van der Waals surface area (Å²) in [5.74, 6) is -0.988. The number of rotatable bonds is 3. The summed E-state index contributed by atoms with van der Waals surface area (Å²) in [6, 6.07) is 0.128.